The molecule has 4 aromatic rings. The number of imide groups is 1. The molecule has 7 heteroatoms. The van der Waals surface area contributed by atoms with Crippen LogP contribution in [0.2, 0.25) is 0 Å². The lowest BCUT2D eigenvalue weighted by molar-refractivity contribution is 0.0641. The van der Waals surface area contributed by atoms with Gasteiger partial charge in [0.15, 0.2) is 0 Å². The molecule has 7 nitrogen and oxygen atoms in total. The van der Waals surface area contributed by atoms with Gasteiger partial charge < -0.3 is 13.7 Å². The number of furan rings is 2. The van der Waals surface area contributed by atoms with Crippen molar-refractivity contribution in [3.05, 3.63) is 119 Å². The van der Waals surface area contributed by atoms with Crippen LogP contribution in [0, 0.1) is 0 Å². The normalized spacial score (nSPS) is 12.8. The third kappa shape index (κ3) is 4.08. The highest BCUT2D eigenvalue weighted by Gasteiger charge is 2.36. The molecule has 0 N–H and O–H groups in total. The zero-order chi connectivity index (χ0) is 22.8. The molecule has 0 unspecified atom stereocenters. The second kappa shape index (κ2) is 8.63. The lowest BCUT2D eigenvalue weighted by atomic mass is 10.0. The van der Waals surface area contributed by atoms with Gasteiger partial charge in [0, 0.05) is 5.56 Å². The van der Waals surface area contributed by atoms with Crippen molar-refractivity contribution in [1.82, 2.24) is 9.80 Å². The van der Waals surface area contributed by atoms with Crippen LogP contribution in [0.5, 0.6) is 0 Å². The molecular formula is C26H20N2O5. The van der Waals surface area contributed by atoms with Crippen LogP contribution in [0.25, 0.3) is 0 Å². The Kier molecular flexibility index (Phi) is 5.36. The van der Waals surface area contributed by atoms with Crippen molar-refractivity contribution < 1.29 is 23.2 Å². The molecule has 1 aliphatic heterocycles. The molecule has 0 radical (unpaired) electrons. The lowest BCUT2D eigenvalue weighted by Gasteiger charge is -2.21. The molecule has 0 spiro atoms. The summed E-state index contributed by atoms with van der Waals surface area (Å²) in [5.41, 5.74) is 1.70. The Balaban J connectivity index is 1.41. The zero-order valence-electron chi connectivity index (χ0n) is 17.6. The maximum Gasteiger partial charge on any atom is 0.261 e. The first-order chi connectivity index (χ1) is 16.1. The van der Waals surface area contributed by atoms with Crippen molar-refractivity contribution in [3.63, 3.8) is 0 Å². The molecule has 0 saturated heterocycles. The number of carbonyl (C=O) groups is 3. The number of hydrogen-bond donors (Lipinski definition) is 0. The SMILES string of the molecule is O=C(c1ccc2c(c1)C(=O)N(Cc1ccccc1)C2=O)N(Cc1ccco1)Cc1ccco1. The zero-order valence-corrected chi connectivity index (χ0v) is 17.6. The van der Waals surface area contributed by atoms with Crippen molar-refractivity contribution in [2.45, 2.75) is 19.6 Å². The van der Waals surface area contributed by atoms with E-state index in [0.717, 1.165) is 5.56 Å². The smallest absolute Gasteiger partial charge is 0.261 e. The summed E-state index contributed by atoms with van der Waals surface area (Å²) < 4.78 is 10.8. The topological polar surface area (TPSA) is 84.0 Å². The molecule has 5 rings (SSSR count). The Morgan fingerprint density at radius 3 is 2.00 bits per heavy atom. The van der Waals surface area contributed by atoms with Crippen LogP contribution < -0.4 is 0 Å². The first kappa shape index (κ1) is 20.5. The highest BCUT2D eigenvalue weighted by atomic mass is 16.3. The van der Waals surface area contributed by atoms with Crippen LogP contribution in [0.3, 0.4) is 0 Å². The van der Waals surface area contributed by atoms with E-state index >= 15 is 0 Å². The van der Waals surface area contributed by atoms with Gasteiger partial charge >= 0.3 is 0 Å². The molecule has 1 aliphatic rings. The van der Waals surface area contributed by atoms with Crippen LogP contribution in [0.15, 0.2) is 94.2 Å². The first-order valence-corrected chi connectivity index (χ1v) is 10.5. The van der Waals surface area contributed by atoms with Gasteiger partial charge in [-0.25, -0.2) is 0 Å². The van der Waals surface area contributed by atoms with Crippen molar-refractivity contribution in [3.8, 4) is 0 Å². The minimum Gasteiger partial charge on any atom is -0.467 e. The van der Waals surface area contributed by atoms with Gasteiger partial charge in [0.1, 0.15) is 11.5 Å². The minimum absolute atomic E-state index is 0.180. The van der Waals surface area contributed by atoms with Crippen molar-refractivity contribution in [2.75, 3.05) is 0 Å². The van der Waals surface area contributed by atoms with E-state index in [1.54, 1.807) is 53.8 Å². The molecular weight excluding hydrogens is 420 g/mol. The van der Waals surface area contributed by atoms with E-state index in [-0.39, 0.29) is 37.0 Å². The summed E-state index contributed by atoms with van der Waals surface area (Å²) in [7, 11) is 0. The Bertz CT molecular complexity index is 1260. The van der Waals surface area contributed by atoms with Crippen molar-refractivity contribution in [1.29, 1.82) is 0 Å². The molecule has 2 aromatic carbocycles. The number of amides is 3. The molecule has 33 heavy (non-hydrogen) atoms. The molecule has 0 fully saturated rings. The summed E-state index contributed by atoms with van der Waals surface area (Å²) in [5, 5.41) is 0. The van der Waals surface area contributed by atoms with Crippen LogP contribution in [-0.4, -0.2) is 27.5 Å². The van der Waals surface area contributed by atoms with Crippen molar-refractivity contribution >= 4 is 17.7 Å². The fraction of sp³-hybridized carbons (Fsp3) is 0.115. The van der Waals surface area contributed by atoms with Gasteiger partial charge in [-0.3, -0.25) is 19.3 Å². The molecule has 3 amide bonds. The number of rotatable bonds is 7. The van der Waals surface area contributed by atoms with Crippen LogP contribution >= 0.6 is 0 Å². The molecule has 0 saturated carbocycles. The fourth-order valence-corrected chi connectivity index (χ4v) is 3.90. The number of benzene rings is 2. The number of hydrogen-bond acceptors (Lipinski definition) is 5. The maximum absolute atomic E-state index is 13.4. The van der Waals surface area contributed by atoms with E-state index < -0.39 is 5.91 Å². The summed E-state index contributed by atoms with van der Waals surface area (Å²) in [6, 6.07) is 21.0. The molecule has 0 atom stereocenters. The highest BCUT2D eigenvalue weighted by Crippen LogP contribution is 2.27. The van der Waals surface area contributed by atoms with Gasteiger partial charge in [-0.05, 0) is 48.0 Å². The lowest BCUT2D eigenvalue weighted by Crippen LogP contribution is -2.30. The molecule has 2 aromatic heterocycles. The summed E-state index contributed by atoms with van der Waals surface area (Å²) >= 11 is 0. The second-order valence-electron chi connectivity index (χ2n) is 7.76. The summed E-state index contributed by atoms with van der Waals surface area (Å²) in [4.78, 5) is 42.0. The Labute approximate surface area is 189 Å². The van der Waals surface area contributed by atoms with Crippen LogP contribution in [0.1, 0.15) is 48.2 Å². The first-order valence-electron chi connectivity index (χ1n) is 10.5. The molecule has 164 valence electrons. The van der Waals surface area contributed by atoms with Gasteiger partial charge in [0.05, 0.1) is 43.3 Å². The molecule has 3 heterocycles. The monoisotopic (exact) mass is 440 g/mol. The minimum atomic E-state index is -0.405. The van der Waals surface area contributed by atoms with Gasteiger partial charge in [-0.15, -0.1) is 0 Å². The van der Waals surface area contributed by atoms with E-state index in [1.807, 2.05) is 30.3 Å². The summed E-state index contributed by atoms with van der Waals surface area (Å²) in [5.74, 6) is 0.179. The number of fused-ring (bicyclic) bond motifs is 1. The second-order valence-corrected chi connectivity index (χ2v) is 7.76. The molecule has 0 aliphatic carbocycles. The van der Waals surface area contributed by atoms with E-state index in [2.05, 4.69) is 0 Å². The third-order valence-electron chi connectivity index (χ3n) is 5.54. The Morgan fingerprint density at radius 2 is 1.39 bits per heavy atom. The van der Waals surface area contributed by atoms with E-state index in [1.165, 1.54) is 11.0 Å². The average Bonchev–Trinajstić information content (AvgIpc) is 3.59. The van der Waals surface area contributed by atoms with Gasteiger partial charge in [-0.1, -0.05) is 30.3 Å². The Morgan fingerprint density at radius 1 is 0.758 bits per heavy atom. The highest BCUT2D eigenvalue weighted by molar-refractivity contribution is 6.22. The van der Waals surface area contributed by atoms with Gasteiger partial charge in [0.25, 0.3) is 17.7 Å². The van der Waals surface area contributed by atoms with E-state index in [4.69, 9.17) is 8.83 Å². The van der Waals surface area contributed by atoms with Crippen LogP contribution in [-0.2, 0) is 19.6 Å². The standard InChI is InChI=1S/C26H20N2O5/c29-24(27(16-20-8-4-12-32-20)17-21-9-5-13-33-21)19-10-11-22-23(14-19)26(31)28(25(22)30)15-18-6-2-1-3-7-18/h1-14H,15-17H2. The maximum atomic E-state index is 13.4. The predicted octanol–water partition coefficient (Wildman–Crippen LogP) is 4.51. The molecule has 0 bridgehead atoms. The van der Waals surface area contributed by atoms with Gasteiger partial charge in [-0.2, -0.15) is 0 Å². The summed E-state index contributed by atoms with van der Waals surface area (Å²) in [6.45, 7) is 0.646. The number of carbonyl (C=O) groups excluding carboxylic acids is 3. The van der Waals surface area contributed by atoms with E-state index in [9.17, 15) is 14.4 Å². The van der Waals surface area contributed by atoms with Crippen LogP contribution in [0.4, 0.5) is 0 Å². The third-order valence-corrected chi connectivity index (χ3v) is 5.54. The Hall–Kier alpha value is -4.39. The van der Waals surface area contributed by atoms with E-state index in [0.29, 0.717) is 22.6 Å². The largest absolute Gasteiger partial charge is 0.467 e. The quantitative estimate of drug-likeness (QED) is 0.395. The fourth-order valence-electron chi connectivity index (χ4n) is 3.90. The predicted molar refractivity (Wildman–Crippen MR) is 118 cm³/mol. The summed E-state index contributed by atoms with van der Waals surface area (Å²) in [6.07, 6.45) is 3.09. The van der Waals surface area contributed by atoms with Crippen molar-refractivity contribution in [2.24, 2.45) is 0 Å². The van der Waals surface area contributed by atoms with Gasteiger partial charge in [0.2, 0.25) is 0 Å². The number of nitrogens with zero attached hydrogens (tertiary/aromatic N) is 2. The average molecular weight is 440 g/mol.